The first-order valence-corrected chi connectivity index (χ1v) is 21.2. The molecule has 3 aromatic heterocycles. The quantitative estimate of drug-likeness (QED) is 0.163. The Bertz CT molecular complexity index is 3900. The molecule has 0 bridgehead atoms. The lowest BCUT2D eigenvalue weighted by Crippen LogP contribution is -1.98. The van der Waals surface area contributed by atoms with Gasteiger partial charge < -0.3 is 9.13 Å². The third kappa shape index (κ3) is 5.01. The summed E-state index contributed by atoms with van der Waals surface area (Å²) in [7, 11) is 0. The van der Waals surface area contributed by atoms with Crippen molar-refractivity contribution in [3.63, 3.8) is 0 Å². The molecular weight excluding hydrogens is 753 g/mol. The Kier molecular flexibility index (Phi) is 7.57. The van der Waals surface area contributed by atoms with E-state index in [1.165, 1.54) is 70.4 Å². The number of benzene rings is 10. The minimum atomic E-state index is 0.706. The van der Waals surface area contributed by atoms with Gasteiger partial charge in [-0.05, 0) is 58.1 Å². The molecule has 10 aromatic carbocycles. The van der Waals surface area contributed by atoms with E-state index < -0.39 is 0 Å². The molecule has 0 unspecified atom stereocenters. The van der Waals surface area contributed by atoms with Gasteiger partial charge in [0.15, 0.2) is 5.82 Å². The molecule has 0 aliphatic heterocycles. The summed E-state index contributed by atoms with van der Waals surface area (Å²) in [5.74, 6) is 0.706. The molecule has 13 rings (SSSR count). The SMILES string of the molecule is c1ccc(-c2ncc(-c3cccc(-n4c5ccccc5c5c6c(c7ccccc7c7c6c6ccccc6n7-c6ccccc6)c6ccccc6c54)c3)c(-c3ccccc3)n2)cc1. The molecule has 13 aromatic rings. The van der Waals surface area contributed by atoms with Gasteiger partial charge in [0, 0.05) is 72.0 Å². The molecule has 0 atom stereocenters. The lowest BCUT2D eigenvalue weighted by atomic mass is 9.89. The molecule has 0 fully saturated rings. The predicted molar refractivity (Wildman–Crippen MR) is 260 cm³/mol. The van der Waals surface area contributed by atoms with Crippen LogP contribution in [0.4, 0.5) is 0 Å². The van der Waals surface area contributed by atoms with E-state index >= 15 is 0 Å². The van der Waals surface area contributed by atoms with Crippen molar-refractivity contribution in [2.75, 3.05) is 0 Å². The van der Waals surface area contributed by atoms with Gasteiger partial charge in [-0.2, -0.15) is 0 Å². The zero-order valence-corrected chi connectivity index (χ0v) is 33.6. The van der Waals surface area contributed by atoms with Gasteiger partial charge in [-0.25, -0.2) is 9.97 Å². The first-order valence-electron chi connectivity index (χ1n) is 21.2. The van der Waals surface area contributed by atoms with Crippen LogP contribution in [0.25, 0.3) is 121 Å². The van der Waals surface area contributed by atoms with E-state index in [4.69, 9.17) is 9.97 Å². The van der Waals surface area contributed by atoms with Gasteiger partial charge >= 0.3 is 0 Å². The highest BCUT2D eigenvalue weighted by Gasteiger charge is 2.26. The van der Waals surface area contributed by atoms with Crippen molar-refractivity contribution in [1.29, 1.82) is 0 Å². The summed E-state index contributed by atoms with van der Waals surface area (Å²) in [6, 6.07) is 76.3. The number of nitrogens with zero attached hydrogens (tertiary/aromatic N) is 4. The van der Waals surface area contributed by atoms with Gasteiger partial charge in [0.2, 0.25) is 0 Å². The Morgan fingerprint density at radius 1 is 0.323 bits per heavy atom. The van der Waals surface area contributed by atoms with Crippen molar-refractivity contribution in [3.8, 4) is 45.1 Å². The van der Waals surface area contributed by atoms with Gasteiger partial charge in [0.25, 0.3) is 0 Å². The average Bonchev–Trinajstić information content (AvgIpc) is 3.89. The van der Waals surface area contributed by atoms with Crippen LogP contribution in [0.1, 0.15) is 0 Å². The average molecular weight is 789 g/mol. The van der Waals surface area contributed by atoms with Crippen molar-refractivity contribution in [3.05, 3.63) is 219 Å². The fourth-order valence-electron chi connectivity index (χ4n) is 10.2. The Labute approximate surface area is 357 Å². The monoisotopic (exact) mass is 788 g/mol. The van der Waals surface area contributed by atoms with Crippen molar-refractivity contribution >= 4 is 75.9 Å². The minimum Gasteiger partial charge on any atom is -0.309 e. The lowest BCUT2D eigenvalue weighted by Gasteiger charge is -2.17. The molecule has 0 aliphatic rings. The zero-order valence-electron chi connectivity index (χ0n) is 33.6. The number of aromatic nitrogens is 4. The van der Waals surface area contributed by atoms with Crippen molar-refractivity contribution in [1.82, 2.24) is 19.1 Å². The molecule has 3 heterocycles. The molecule has 0 saturated carbocycles. The largest absolute Gasteiger partial charge is 0.309 e. The second-order valence-electron chi connectivity index (χ2n) is 16.1. The molecule has 62 heavy (non-hydrogen) atoms. The van der Waals surface area contributed by atoms with Crippen LogP contribution in [0, 0.1) is 0 Å². The van der Waals surface area contributed by atoms with Crippen LogP contribution in [-0.2, 0) is 0 Å². The molecule has 4 heteroatoms. The number of fused-ring (bicyclic) bond motifs is 15. The summed E-state index contributed by atoms with van der Waals surface area (Å²) in [6.07, 6.45) is 2.00. The second-order valence-corrected chi connectivity index (χ2v) is 16.1. The van der Waals surface area contributed by atoms with Gasteiger partial charge in [-0.3, -0.25) is 0 Å². The Balaban J connectivity index is 1.18. The summed E-state index contributed by atoms with van der Waals surface area (Å²) < 4.78 is 4.97. The molecule has 0 saturated heterocycles. The normalized spacial score (nSPS) is 11.9. The van der Waals surface area contributed by atoms with Crippen molar-refractivity contribution in [2.24, 2.45) is 0 Å². The highest BCUT2D eigenvalue weighted by molar-refractivity contribution is 6.45. The van der Waals surface area contributed by atoms with Crippen LogP contribution in [0.15, 0.2) is 219 Å². The molecule has 0 amide bonds. The van der Waals surface area contributed by atoms with Crippen LogP contribution in [0.5, 0.6) is 0 Å². The molecule has 0 N–H and O–H groups in total. The summed E-state index contributed by atoms with van der Waals surface area (Å²) in [6.45, 7) is 0. The first-order chi connectivity index (χ1) is 30.8. The zero-order chi connectivity index (χ0) is 40.7. The van der Waals surface area contributed by atoms with E-state index in [-0.39, 0.29) is 0 Å². The van der Waals surface area contributed by atoms with E-state index in [1.54, 1.807) is 0 Å². The lowest BCUT2D eigenvalue weighted by molar-refractivity contribution is 1.17. The predicted octanol–water partition coefficient (Wildman–Crippen LogP) is 15.1. The highest BCUT2D eigenvalue weighted by Crippen LogP contribution is 2.50. The first kappa shape index (κ1) is 34.5. The van der Waals surface area contributed by atoms with Crippen LogP contribution >= 0.6 is 0 Å². The van der Waals surface area contributed by atoms with Crippen LogP contribution in [-0.4, -0.2) is 19.1 Å². The fraction of sp³-hybridized carbons (Fsp3) is 0. The Hall–Kier alpha value is -8.34. The van der Waals surface area contributed by atoms with Gasteiger partial charge in [-0.15, -0.1) is 0 Å². The topological polar surface area (TPSA) is 35.6 Å². The molecule has 288 valence electrons. The molecule has 4 nitrogen and oxygen atoms in total. The smallest absolute Gasteiger partial charge is 0.159 e. The third-order valence-corrected chi connectivity index (χ3v) is 12.7. The summed E-state index contributed by atoms with van der Waals surface area (Å²) in [4.78, 5) is 10.2. The van der Waals surface area contributed by atoms with E-state index in [9.17, 15) is 0 Å². The van der Waals surface area contributed by atoms with Crippen molar-refractivity contribution < 1.29 is 0 Å². The Morgan fingerprint density at radius 2 is 0.774 bits per heavy atom. The summed E-state index contributed by atoms with van der Waals surface area (Å²) in [5, 5.41) is 12.5. The summed E-state index contributed by atoms with van der Waals surface area (Å²) in [5.41, 5.74) is 12.0. The maximum atomic E-state index is 5.24. The number of hydrogen-bond acceptors (Lipinski definition) is 2. The number of para-hydroxylation sites is 3. The summed E-state index contributed by atoms with van der Waals surface area (Å²) >= 11 is 0. The number of hydrogen-bond donors (Lipinski definition) is 0. The molecular formula is C58H36N4. The van der Waals surface area contributed by atoms with E-state index in [2.05, 4.69) is 203 Å². The van der Waals surface area contributed by atoms with E-state index in [0.717, 1.165) is 44.8 Å². The maximum absolute atomic E-state index is 5.24. The van der Waals surface area contributed by atoms with Gasteiger partial charge in [0.05, 0.1) is 27.8 Å². The minimum absolute atomic E-state index is 0.706. The second kappa shape index (κ2) is 13.6. The highest BCUT2D eigenvalue weighted by atomic mass is 15.0. The molecule has 0 spiro atoms. The van der Waals surface area contributed by atoms with Gasteiger partial charge in [-0.1, -0.05) is 176 Å². The fourth-order valence-corrected chi connectivity index (χ4v) is 10.2. The standard InChI is InChI=1S/C58H36N4/c1-4-19-37(20-5-1)55-48(36-59-58(60-55)38-21-6-2-7-22-38)39-23-18-26-41(35-39)62-50-34-17-15-32-47(50)53-54-51(43-28-11-13-30-45(43)57(53)62)42-27-10-12-29-44(42)56-52(54)46-31-14-16-33-49(46)61(56)40-24-8-3-9-25-40/h1-36H. The molecule has 0 radical (unpaired) electrons. The van der Waals surface area contributed by atoms with E-state index in [1.807, 2.05) is 24.4 Å². The van der Waals surface area contributed by atoms with Crippen LogP contribution in [0.2, 0.25) is 0 Å². The third-order valence-electron chi connectivity index (χ3n) is 12.7. The molecule has 0 aliphatic carbocycles. The van der Waals surface area contributed by atoms with E-state index in [0.29, 0.717) is 5.82 Å². The van der Waals surface area contributed by atoms with Crippen molar-refractivity contribution in [2.45, 2.75) is 0 Å². The van der Waals surface area contributed by atoms with Gasteiger partial charge in [0.1, 0.15) is 0 Å². The maximum Gasteiger partial charge on any atom is 0.159 e. The number of rotatable bonds is 5. The van der Waals surface area contributed by atoms with Crippen LogP contribution in [0.3, 0.4) is 0 Å². The van der Waals surface area contributed by atoms with Crippen LogP contribution < -0.4 is 0 Å². The Morgan fingerprint density at radius 3 is 1.37 bits per heavy atom.